The molecule has 0 heterocycles. The second-order valence-electron chi connectivity index (χ2n) is 5.78. The van der Waals surface area contributed by atoms with Crippen molar-refractivity contribution in [2.24, 2.45) is 11.8 Å². The van der Waals surface area contributed by atoms with E-state index in [1.807, 2.05) is 0 Å². The summed E-state index contributed by atoms with van der Waals surface area (Å²) in [5.41, 5.74) is -0.521. The predicted octanol–water partition coefficient (Wildman–Crippen LogP) is 3.60. The van der Waals surface area contributed by atoms with Gasteiger partial charge in [-0.1, -0.05) is 0 Å². The minimum atomic E-state index is -1.72. The largest absolute Gasteiger partial charge is 0.326 e. The molecule has 4 nitrogen and oxygen atoms in total. The third-order valence-electron chi connectivity index (χ3n) is 3.94. The number of halogens is 5. The molecule has 0 aliphatic heterocycles. The van der Waals surface area contributed by atoms with E-state index in [1.165, 1.54) is 0 Å². The van der Waals surface area contributed by atoms with Gasteiger partial charge in [-0.2, -0.15) is 0 Å². The molecule has 1 saturated carbocycles. The number of carbonyl (C=O) groups excluding carboxylic acids is 2. The van der Waals surface area contributed by atoms with Gasteiger partial charge in [-0.3, -0.25) is 9.59 Å². The molecule has 2 atom stereocenters. The lowest BCUT2D eigenvalue weighted by Gasteiger charge is -2.08. The van der Waals surface area contributed by atoms with Gasteiger partial charge in [0.05, 0.1) is 17.5 Å². The van der Waals surface area contributed by atoms with Crippen LogP contribution in [0.15, 0.2) is 30.3 Å². The van der Waals surface area contributed by atoms with Crippen LogP contribution in [0.3, 0.4) is 0 Å². The van der Waals surface area contributed by atoms with Crippen molar-refractivity contribution in [2.75, 3.05) is 10.6 Å². The number of carbonyl (C=O) groups is 2. The Morgan fingerprint density at radius 3 is 2.04 bits per heavy atom. The first-order chi connectivity index (χ1) is 12.3. The van der Waals surface area contributed by atoms with Crippen molar-refractivity contribution in [1.29, 1.82) is 0 Å². The Morgan fingerprint density at radius 1 is 0.769 bits per heavy atom. The smallest absolute Gasteiger partial charge is 0.228 e. The lowest BCUT2D eigenvalue weighted by molar-refractivity contribution is -0.122. The molecule has 0 radical (unpaired) electrons. The maximum atomic E-state index is 13.5. The lowest BCUT2D eigenvalue weighted by atomic mass is 10.2. The topological polar surface area (TPSA) is 58.2 Å². The maximum absolute atomic E-state index is 13.5. The Balaban J connectivity index is 1.61. The van der Waals surface area contributed by atoms with Crippen LogP contribution in [-0.4, -0.2) is 11.8 Å². The number of hydrogen-bond acceptors (Lipinski definition) is 2. The zero-order valence-corrected chi connectivity index (χ0v) is 13.0. The number of amides is 2. The summed E-state index contributed by atoms with van der Waals surface area (Å²) in [6, 6.07) is 4.32. The van der Waals surface area contributed by atoms with E-state index >= 15 is 0 Å². The fraction of sp³-hybridized carbons (Fsp3) is 0.176. The Kier molecular flexibility index (Phi) is 4.62. The summed E-state index contributed by atoms with van der Waals surface area (Å²) in [6.07, 6.45) is 0.145. The fourth-order valence-electron chi connectivity index (χ4n) is 2.43. The zero-order chi connectivity index (χ0) is 19.0. The van der Waals surface area contributed by atoms with Crippen molar-refractivity contribution in [3.05, 3.63) is 59.4 Å². The fourth-order valence-corrected chi connectivity index (χ4v) is 2.43. The molecule has 1 aliphatic rings. The second-order valence-corrected chi connectivity index (χ2v) is 5.78. The summed E-state index contributed by atoms with van der Waals surface area (Å²) in [5, 5.41) is 4.43. The van der Waals surface area contributed by atoms with Gasteiger partial charge in [0.1, 0.15) is 0 Å². The summed E-state index contributed by atoms with van der Waals surface area (Å²) >= 11 is 0. The third-order valence-corrected chi connectivity index (χ3v) is 3.94. The first kappa shape index (κ1) is 17.8. The molecule has 136 valence electrons. The summed E-state index contributed by atoms with van der Waals surface area (Å²) in [5.74, 6) is -9.74. The van der Waals surface area contributed by atoms with Crippen molar-refractivity contribution in [1.82, 2.24) is 0 Å². The van der Waals surface area contributed by atoms with Crippen molar-refractivity contribution in [2.45, 2.75) is 6.42 Å². The summed E-state index contributed by atoms with van der Waals surface area (Å²) in [4.78, 5) is 24.0. The highest BCUT2D eigenvalue weighted by Crippen LogP contribution is 2.40. The molecule has 2 aromatic carbocycles. The van der Waals surface area contributed by atoms with Crippen LogP contribution in [0.1, 0.15) is 6.42 Å². The van der Waals surface area contributed by atoms with Gasteiger partial charge in [0, 0.05) is 11.8 Å². The van der Waals surface area contributed by atoms with Crippen LogP contribution in [0, 0.1) is 40.9 Å². The average Bonchev–Trinajstić information content (AvgIpc) is 3.39. The van der Waals surface area contributed by atoms with Crippen molar-refractivity contribution in [3.63, 3.8) is 0 Å². The van der Waals surface area contributed by atoms with E-state index in [2.05, 4.69) is 10.6 Å². The molecule has 0 saturated heterocycles. The van der Waals surface area contributed by atoms with Crippen LogP contribution in [0.4, 0.5) is 33.3 Å². The van der Waals surface area contributed by atoms with Crippen LogP contribution < -0.4 is 10.6 Å². The van der Waals surface area contributed by atoms with Crippen LogP contribution in [-0.2, 0) is 9.59 Å². The summed E-state index contributed by atoms with van der Waals surface area (Å²) < 4.78 is 65.5. The van der Waals surface area contributed by atoms with E-state index in [0.717, 1.165) is 24.3 Å². The normalized spacial score (nSPS) is 18.3. The number of benzene rings is 2. The molecule has 26 heavy (non-hydrogen) atoms. The Bertz CT molecular complexity index is 903. The molecule has 9 heteroatoms. The first-order valence-electron chi connectivity index (χ1n) is 7.48. The number of hydrogen-bond donors (Lipinski definition) is 2. The number of nitrogens with one attached hydrogen (secondary N) is 2. The van der Waals surface area contributed by atoms with Gasteiger partial charge in [0.2, 0.25) is 11.8 Å². The minimum Gasteiger partial charge on any atom is -0.326 e. The van der Waals surface area contributed by atoms with Crippen LogP contribution in [0.25, 0.3) is 0 Å². The molecule has 0 spiro atoms. The molecule has 2 aromatic rings. The predicted molar refractivity (Wildman–Crippen MR) is 81.5 cm³/mol. The van der Waals surface area contributed by atoms with Gasteiger partial charge in [0.25, 0.3) is 0 Å². The van der Waals surface area contributed by atoms with Gasteiger partial charge in [-0.25, -0.2) is 22.0 Å². The molecule has 3 rings (SSSR count). The van der Waals surface area contributed by atoms with Gasteiger partial charge in [-0.15, -0.1) is 0 Å². The Labute approximate surface area is 144 Å². The standard InChI is InChI=1S/C17H11F5N2O2/c18-10-2-1-7(5-12(10)20)23-16(25)8-6-9(8)17(26)24-13-4-3-11(19)14(21)15(13)22/h1-5,8-9H,6H2,(H,23,25)(H,24,26). The average molecular weight is 370 g/mol. The molecule has 0 aromatic heterocycles. The molecule has 2 unspecified atom stereocenters. The highest BCUT2D eigenvalue weighted by atomic mass is 19.2. The van der Waals surface area contributed by atoms with E-state index in [-0.39, 0.29) is 12.1 Å². The molecule has 2 amide bonds. The first-order valence-corrected chi connectivity index (χ1v) is 7.48. The van der Waals surface area contributed by atoms with Gasteiger partial charge < -0.3 is 10.6 Å². The van der Waals surface area contributed by atoms with E-state index in [9.17, 15) is 31.5 Å². The molecule has 1 fully saturated rings. The van der Waals surface area contributed by atoms with E-state index in [0.29, 0.717) is 6.07 Å². The van der Waals surface area contributed by atoms with E-state index in [4.69, 9.17) is 0 Å². The second kappa shape index (κ2) is 6.74. The van der Waals surface area contributed by atoms with Crippen molar-refractivity contribution < 1.29 is 31.5 Å². The van der Waals surface area contributed by atoms with E-state index in [1.54, 1.807) is 0 Å². The number of anilines is 2. The van der Waals surface area contributed by atoms with Crippen molar-refractivity contribution >= 4 is 23.2 Å². The zero-order valence-electron chi connectivity index (χ0n) is 13.0. The molecule has 0 bridgehead atoms. The Hall–Kier alpha value is -2.97. The molecule has 1 aliphatic carbocycles. The van der Waals surface area contributed by atoms with Crippen LogP contribution >= 0.6 is 0 Å². The van der Waals surface area contributed by atoms with Gasteiger partial charge in [0.15, 0.2) is 29.1 Å². The molecule has 2 N–H and O–H groups in total. The Morgan fingerprint density at radius 2 is 1.38 bits per heavy atom. The lowest BCUT2D eigenvalue weighted by Crippen LogP contribution is -2.21. The molecular weight excluding hydrogens is 359 g/mol. The van der Waals surface area contributed by atoms with Crippen LogP contribution in [0.2, 0.25) is 0 Å². The molecular formula is C17H11F5N2O2. The van der Waals surface area contributed by atoms with Crippen molar-refractivity contribution in [3.8, 4) is 0 Å². The minimum absolute atomic E-state index is 0.0200. The van der Waals surface area contributed by atoms with Crippen LogP contribution in [0.5, 0.6) is 0 Å². The SMILES string of the molecule is O=C(Nc1ccc(F)c(F)c1)C1CC1C(=O)Nc1ccc(F)c(F)c1F. The summed E-state index contributed by atoms with van der Waals surface area (Å²) in [7, 11) is 0. The third kappa shape index (κ3) is 3.51. The maximum Gasteiger partial charge on any atom is 0.228 e. The quantitative estimate of drug-likeness (QED) is 0.638. The highest BCUT2D eigenvalue weighted by Gasteiger charge is 2.48. The number of rotatable bonds is 4. The highest BCUT2D eigenvalue weighted by molar-refractivity contribution is 6.03. The monoisotopic (exact) mass is 370 g/mol. The van der Waals surface area contributed by atoms with Gasteiger partial charge in [-0.05, 0) is 30.7 Å². The van der Waals surface area contributed by atoms with E-state index < -0.39 is 58.4 Å². The summed E-state index contributed by atoms with van der Waals surface area (Å²) in [6.45, 7) is 0. The van der Waals surface area contributed by atoms with Gasteiger partial charge >= 0.3 is 0 Å².